The Bertz CT molecular complexity index is 991. The van der Waals surface area contributed by atoms with Crippen LogP contribution in [0.3, 0.4) is 0 Å². The first-order valence-electron chi connectivity index (χ1n) is 8.80. The third-order valence-electron chi connectivity index (χ3n) is 3.92. The molecule has 0 aliphatic carbocycles. The quantitative estimate of drug-likeness (QED) is 0.363. The lowest BCUT2D eigenvalue weighted by atomic mass is 10.2. The molecule has 0 atom stereocenters. The molecule has 0 spiro atoms. The molecule has 2 aromatic carbocycles. The largest absolute Gasteiger partial charge is 0.301 e. The maximum Gasteiger partial charge on any atom is 0.191 e. The molecule has 2 aromatic heterocycles. The van der Waals surface area contributed by atoms with Gasteiger partial charge < -0.3 is 4.57 Å². The molecular formula is C20H20N4S3. The lowest BCUT2D eigenvalue weighted by Gasteiger charge is -2.11. The maximum absolute atomic E-state index is 4.72. The monoisotopic (exact) mass is 412 g/mol. The summed E-state index contributed by atoms with van der Waals surface area (Å²) in [6, 6.07) is 18.8. The van der Waals surface area contributed by atoms with E-state index in [1.807, 2.05) is 12.1 Å². The minimum atomic E-state index is 0.466. The normalized spacial score (nSPS) is 11.5. The lowest BCUT2D eigenvalue weighted by Crippen LogP contribution is -2.07. The number of thioether (sulfide) groups is 2. The molecule has 7 heteroatoms. The summed E-state index contributed by atoms with van der Waals surface area (Å²) in [5.74, 6) is 1.75. The van der Waals surface area contributed by atoms with Crippen molar-refractivity contribution in [2.24, 2.45) is 0 Å². The van der Waals surface area contributed by atoms with Gasteiger partial charge in [-0.2, -0.15) is 0 Å². The third-order valence-corrected chi connectivity index (χ3v) is 7.08. The highest BCUT2D eigenvalue weighted by molar-refractivity contribution is 8.00. The number of fused-ring (bicyclic) bond motifs is 1. The standard InChI is InChI=1S/C20H20N4S3/c1-14(2)26-19-23-22-18(24(19)12-15-8-4-3-5-9-15)13-25-20-21-16-10-6-7-11-17(16)27-20/h3-11,14H,12-13H2,1-2H3. The van der Waals surface area contributed by atoms with Crippen LogP contribution in [0.4, 0.5) is 0 Å². The summed E-state index contributed by atoms with van der Waals surface area (Å²) in [4.78, 5) is 4.72. The summed E-state index contributed by atoms with van der Waals surface area (Å²) in [6.45, 7) is 5.15. The molecular weight excluding hydrogens is 392 g/mol. The second-order valence-corrected chi connectivity index (χ2v) is 10.2. The molecule has 4 rings (SSSR count). The number of hydrogen-bond acceptors (Lipinski definition) is 6. The van der Waals surface area contributed by atoms with Crippen molar-refractivity contribution in [3.05, 3.63) is 66.0 Å². The zero-order valence-electron chi connectivity index (χ0n) is 15.2. The van der Waals surface area contributed by atoms with Gasteiger partial charge in [0.05, 0.1) is 22.5 Å². The van der Waals surface area contributed by atoms with E-state index in [1.165, 1.54) is 10.3 Å². The first kappa shape index (κ1) is 18.5. The van der Waals surface area contributed by atoms with E-state index in [1.54, 1.807) is 34.9 Å². The molecule has 0 amide bonds. The smallest absolute Gasteiger partial charge is 0.191 e. The number of aromatic nitrogens is 4. The summed E-state index contributed by atoms with van der Waals surface area (Å²) in [6.07, 6.45) is 0. The van der Waals surface area contributed by atoms with Gasteiger partial charge in [0.25, 0.3) is 0 Å². The number of thiazole rings is 1. The van der Waals surface area contributed by atoms with Crippen molar-refractivity contribution < 1.29 is 0 Å². The van der Waals surface area contributed by atoms with Crippen LogP contribution in [0.2, 0.25) is 0 Å². The number of nitrogens with zero attached hydrogens (tertiary/aromatic N) is 4. The summed E-state index contributed by atoms with van der Waals surface area (Å²) in [5.41, 5.74) is 2.32. The fraction of sp³-hybridized carbons (Fsp3) is 0.250. The molecule has 2 heterocycles. The molecule has 138 valence electrons. The highest BCUT2D eigenvalue weighted by Crippen LogP contribution is 2.32. The highest BCUT2D eigenvalue weighted by atomic mass is 32.2. The van der Waals surface area contributed by atoms with Crippen LogP contribution in [0.5, 0.6) is 0 Å². The maximum atomic E-state index is 4.72. The Hall–Kier alpha value is -1.83. The van der Waals surface area contributed by atoms with Gasteiger partial charge in [-0.25, -0.2) is 4.98 Å². The SMILES string of the molecule is CC(C)Sc1nnc(CSc2nc3ccccc3s2)n1Cc1ccccc1. The molecule has 0 aliphatic rings. The second-order valence-electron chi connectivity index (χ2n) is 6.37. The van der Waals surface area contributed by atoms with Crippen LogP contribution >= 0.6 is 34.9 Å². The van der Waals surface area contributed by atoms with Crippen molar-refractivity contribution in [3.63, 3.8) is 0 Å². The van der Waals surface area contributed by atoms with E-state index in [4.69, 9.17) is 4.98 Å². The summed E-state index contributed by atoms with van der Waals surface area (Å²) in [5, 5.41) is 10.4. The predicted octanol–water partition coefficient (Wildman–Crippen LogP) is 5.73. The molecule has 0 fully saturated rings. The van der Waals surface area contributed by atoms with Gasteiger partial charge in [-0.1, -0.05) is 79.8 Å². The average molecular weight is 413 g/mol. The van der Waals surface area contributed by atoms with Gasteiger partial charge in [0.1, 0.15) is 5.82 Å². The number of rotatable bonds is 7. The van der Waals surface area contributed by atoms with E-state index in [0.29, 0.717) is 5.25 Å². The number of benzene rings is 2. The van der Waals surface area contributed by atoms with Crippen molar-refractivity contribution in [1.29, 1.82) is 0 Å². The number of para-hydroxylation sites is 1. The molecule has 0 saturated heterocycles. The van der Waals surface area contributed by atoms with E-state index in [2.05, 4.69) is 71.1 Å². The van der Waals surface area contributed by atoms with Crippen molar-refractivity contribution in [2.45, 2.75) is 40.9 Å². The van der Waals surface area contributed by atoms with Crippen LogP contribution in [-0.4, -0.2) is 25.0 Å². The first-order chi connectivity index (χ1) is 13.2. The van der Waals surface area contributed by atoms with Gasteiger partial charge >= 0.3 is 0 Å². The lowest BCUT2D eigenvalue weighted by molar-refractivity contribution is 0.684. The van der Waals surface area contributed by atoms with Crippen LogP contribution < -0.4 is 0 Å². The van der Waals surface area contributed by atoms with Gasteiger partial charge in [0.15, 0.2) is 9.50 Å². The van der Waals surface area contributed by atoms with Gasteiger partial charge in [0, 0.05) is 5.25 Å². The van der Waals surface area contributed by atoms with Gasteiger partial charge in [-0.3, -0.25) is 0 Å². The Balaban J connectivity index is 1.56. The Morgan fingerprint density at radius 1 is 1.00 bits per heavy atom. The molecule has 4 aromatic rings. The zero-order valence-corrected chi connectivity index (χ0v) is 17.7. The van der Waals surface area contributed by atoms with E-state index < -0.39 is 0 Å². The fourth-order valence-corrected chi connectivity index (χ4v) is 5.50. The average Bonchev–Trinajstić information content (AvgIpc) is 3.24. The fourth-order valence-electron chi connectivity index (χ4n) is 2.69. The Morgan fingerprint density at radius 3 is 2.56 bits per heavy atom. The third kappa shape index (κ3) is 4.54. The van der Waals surface area contributed by atoms with Crippen molar-refractivity contribution in [1.82, 2.24) is 19.7 Å². The van der Waals surface area contributed by atoms with Gasteiger partial charge in [-0.05, 0) is 17.7 Å². The van der Waals surface area contributed by atoms with Crippen LogP contribution in [0.15, 0.2) is 64.1 Å². The molecule has 0 radical (unpaired) electrons. The minimum absolute atomic E-state index is 0.466. The summed E-state index contributed by atoms with van der Waals surface area (Å²) in [7, 11) is 0. The summed E-state index contributed by atoms with van der Waals surface area (Å²) >= 11 is 5.22. The van der Waals surface area contributed by atoms with Crippen LogP contribution in [0.1, 0.15) is 25.2 Å². The highest BCUT2D eigenvalue weighted by Gasteiger charge is 2.15. The van der Waals surface area contributed by atoms with E-state index in [-0.39, 0.29) is 0 Å². The van der Waals surface area contributed by atoms with E-state index in [0.717, 1.165) is 33.1 Å². The molecule has 0 saturated carbocycles. The van der Waals surface area contributed by atoms with Gasteiger partial charge in [-0.15, -0.1) is 21.5 Å². The van der Waals surface area contributed by atoms with Crippen LogP contribution in [0.25, 0.3) is 10.2 Å². The molecule has 0 bridgehead atoms. The molecule has 4 nitrogen and oxygen atoms in total. The van der Waals surface area contributed by atoms with E-state index >= 15 is 0 Å². The molecule has 0 unspecified atom stereocenters. The predicted molar refractivity (Wildman–Crippen MR) is 116 cm³/mol. The van der Waals surface area contributed by atoms with E-state index in [9.17, 15) is 0 Å². The number of hydrogen-bond donors (Lipinski definition) is 0. The Morgan fingerprint density at radius 2 is 1.78 bits per heavy atom. The Labute approximate surface area is 171 Å². The van der Waals surface area contributed by atoms with Crippen molar-refractivity contribution in [3.8, 4) is 0 Å². The van der Waals surface area contributed by atoms with Crippen molar-refractivity contribution in [2.75, 3.05) is 0 Å². The second kappa shape index (κ2) is 8.46. The molecule has 27 heavy (non-hydrogen) atoms. The van der Waals surface area contributed by atoms with Crippen molar-refractivity contribution >= 4 is 45.1 Å². The minimum Gasteiger partial charge on any atom is -0.301 e. The van der Waals surface area contributed by atoms with Crippen LogP contribution in [-0.2, 0) is 12.3 Å². The Kier molecular flexibility index (Phi) is 5.80. The molecule has 0 aliphatic heterocycles. The first-order valence-corrected chi connectivity index (χ1v) is 11.5. The molecule has 0 N–H and O–H groups in total. The summed E-state index contributed by atoms with van der Waals surface area (Å²) < 4.78 is 4.53. The van der Waals surface area contributed by atoms with Crippen LogP contribution in [0, 0.1) is 0 Å². The zero-order chi connectivity index (χ0) is 18.6. The van der Waals surface area contributed by atoms with Gasteiger partial charge in [0.2, 0.25) is 0 Å². The topological polar surface area (TPSA) is 43.6 Å².